The smallest absolute Gasteiger partial charge is 0.0733 e. The van der Waals surface area contributed by atoms with Crippen LogP contribution in [-0.2, 0) is 11.3 Å². The molecule has 1 saturated carbocycles. The van der Waals surface area contributed by atoms with E-state index in [2.05, 4.69) is 47.1 Å². The highest BCUT2D eigenvalue weighted by atomic mass is 32.1. The molecule has 0 saturated heterocycles. The van der Waals surface area contributed by atoms with Gasteiger partial charge in [-0.3, -0.25) is 0 Å². The van der Waals surface area contributed by atoms with Crippen LogP contribution in [0.5, 0.6) is 0 Å². The third kappa shape index (κ3) is 3.47. The van der Waals surface area contributed by atoms with Gasteiger partial charge in [-0.05, 0) is 36.3 Å². The zero-order valence-electron chi connectivity index (χ0n) is 12.5. The maximum Gasteiger partial charge on any atom is 0.0733 e. The van der Waals surface area contributed by atoms with Crippen LogP contribution in [0.1, 0.15) is 42.2 Å². The van der Waals surface area contributed by atoms with Crippen LogP contribution < -0.4 is 5.32 Å². The Bertz CT molecular complexity index is 546. The number of hydrogen-bond acceptors (Lipinski definition) is 3. The fourth-order valence-corrected chi connectivity index (χ4v) is 4.16. The molecule has 1 aromatic heterocycles. The van der Waals surface area contributed by atoms with Crippen molar-refractivity contribution in [3.8, 4) is 0 Å². The summed E-state index contributed by atoms with van der Waals surface area (Å²) < 4.78 is 5.33. The Labute approximate surface area is 131 Å². The first kappa shape index (κ1) is 14.6. The number of benzene rings is 1. The summed E-state index contributed by atoms with van der Waals surface area (Å²) in [4.78, 5) is 1.45. The van der Waals surface area contributed by atoms with E-state index in [0.717, 1.165) is 5.92 Å². The van der Waals surface area contributed by atoms with Crippen LogP contribution in [0.25, 0.3) is 0 Å². The molecule has 1 fully saturated rings. The number of thiophene rings is 1. The van der Waals surface area contributed by atoms with Crippen molar-refractivity contribution in [2.24, 2.45) is 5.92 Å². The quantitative estimate of drug-likeness (QED) is 0.788. The van der Waals surface area contributed by atoms with Gasteiger partial charge in [0.15, 0.2) is 0 Å². The van der Waals surface area contributed by atoms with Gasteiger partial charge in [0.25, 0.3) is 0 Å². The Morgan fingerprint density at radius 3 is 2.71 bits per heavy atom. The lowest BCUT2D eigenvalue weighted by molar-refractivity contribution is 0.185. The van der Waals surface area contributed by atoms with Crippen molar-refractivity contribution in [2.45, 2.75) is 38.3 Å². The number of rotatable bonds is 6. The summed E-state index contributed by atoms with van der Waals surface area (Å²) in [5, 5.41) is 5.99. The molecule has 1 atom stereocenters. The summed E-state index contributed by atoms with van der Waals surface area (Å²) in [5.74, 6) is 0.749. The van der Waals surface area contributed by atoms with E-state index in [9.17, 15) is 0 Å². The van der Waals surface area contributed by atoms with Crippen LogP contribution >= 0.6 is 11.3 Å². The fourth-order valence-electron chi connectivity index (χ4n) is 3.29. The van der Waals surface area contributed by atoms with Crippen molar-refractivity contribution in [2.75, 3.05) is 12.4 Å². The Kier molecular flexibility index (Phi) is 4.94. The van der Waals surface area contributed by atoms with Gasteiger partial charge in [-0.1, -0.05) is 37.1 Å². The number of hydrogen-bond donors (Lipinski definition) is 1. The minimum Gasteiger partial charge on any atom is -0.380 e. The number of para-hydroxylation sites is 1. The molecule has 0 radical (unpaired) electrons. The van der Waals surface area contributed by atoms with Crippen LogP contribution in [0, 0.1) is 5.92 Å². The molecule has 0 amide bonds. The molecule has 1 unspecified atom stereocenters. The highest BCUT2D eigenvalue weighted by molar-refractivity contribution is 7.10. The van der Waals surface area contributed by atoms with Crippen molar-refractivity contribution in [1.82, 2.24) is 0 Å². The molecule has 1 aliphatic carbocycles. The number of methoxy groups -OCH3 is 1. The second-order valence-electron chi connectivity index (χ2n) is 5.77. The molecule has 1 aromatic carbocycles. The third-order valence-corrected chi connectivity index (χ3v) is 5.30. The molecule has 1 N–H and O–H groups in total. The first-order chi connectivity index (χ1) is 10.4. The lowest BCUT2D eigenvalue weighted by atomic mass is 9.96. The van der Waals surface area contributed by atoms with Gasteiger partial charge >= 0.3 is 0 Å². The highest BCUT2D eigenvalue weighted by Gasteiger charge is 2.27. The molecular weight excluding hydrogens is 278 g/mol. The van der Waals surface area contributed by atoms with Crippen molar-refractivity contribution in [3.05, 3.63) is 52.2 Å². The van der Waals surface area contributed by atoms with E-state index in [-0.39, 0.29) is 0 Å². The molecule has 21 heavy (non-hydrogen) atoms. The van der Waals surface area contributed by atoms with Crippen LogP contribution in [0.2, 0.25) is 0 Å². The fraction of sp³-hybridized carbons (Fsp3) is 0.444. The predicted octanol–water partition coefficient (Wildman–Crippen LogP) is 5.24. The maximum atomic E-state index is 5.33. The van der Waals surface area contributed by atoms with Gasteiger partial charge in [0, 0.05) is 23.2 Å². The van der Waals surface area contributed by atoms with Crippen LogP contribution in [-0.4, -0.2) is 7.11 Å². The first-order valence-electron chi connectivity index (χ1n) is 7.75. The molecule has 2 nitrogen and oxygen atoms in total. The summed E-state index contributed by atoms with van der Waals surface area (Å²) in [6.45, 7) is 0.658. The van der Waals surface area contributed by atoms with Crippen molar-refractivity contribution < 1.29 is 4.74 Å². The standard InChI is InChI=1S/C18H23NOS/c1-20-13-15-9-4-5-10-16(15)19-18(14-7-2-3-8-14)17-11-6-12-21-17/h4-6,9-12,14,18-19H,2-3,7-8,13H2,1H3. The molecule has 0 aliphatic heterocycles. The molecule has 3 rings (SSSR count). The van der Waals surface area contributed by atoms with Crippen LogP contribution in [0.15, 0.2) is 41.8 Å². The molecular formula is C18H23NOS. The van der Waals surface area contributed by atoms with E-state index in [4.69, 9.17) is 4.74 Å². The summed E-state index contributed by atoms with van der Waals surface area (Å²) in [7, 11) is 1.75. The molecule has 0 spiro atoms. The van der Waals surface area contributed by atoms with Crippen LogP contribution in [0.3, 0.4) is 0 Å². The first-order valence-corrected chi connectivity index (χ1v) is 8.63. The summed E-state index contributed by atoms with van der Waals surface area (Å²) in [6, 6.07) is 13.3. The van der Waals surface area contributed by atoms with E-state index >= 15 is 0 Å². The van der Waals surface area contributed by atoms with Gasteiger partial charge in [0.1, 0.15) is 0 Å². The van der Waals surface area contributed by atoms with Gasteiger partial charge in [0.05, 0.1) is 12.6 Å². The van der Waals surface area contributed by atoms with Crippen molar-refractivity contribution in [3.63, 3.8) is 0 Å². The Morgan fingerprint density at radius 1 is 1.19 bits per heavy atom. The van der Waals surface area contributed by atoms with Crippen LogP contribution in [0.4, 0.5) is 5.69 Å². The normalized spacial score (nSPS) is 17.0. The van der Waals surface area contributed by atoms with Gasteiger partial charge in [-0.25, -0.2) is 0 Å². The second-order valence-corrected chi connectivity index (χ2v) is 6.75. The van der Waals surface area contributed by atoms with Crippen molar-refractivity contribution >= 4 is 17.0 Å². The molecule has 1 aliphatic rings. The lowest BCUT2D eigenvalue weighted by Crippen LogP contribution is -2.18. The SMILES string of the molecule is COCc1ccccc1NC(c1cccs1)C1CCCC1. The van der Waals surface area contributed by atoms with Gasteiger partial charge in [-0.2, -0.15) is 0 Å². The van der Waals surface area contributed by atoms with Crippen molar-refractivity contribution in [1.29, 1.82) is 0 Å². The average Bonchev–Trinajstić information content (AvgIpc) is 3.20. The Morgan fingerprint density at radius 2 is 2.00 bits per heavy atom. The number of ether oxygens (including phenoxy) is 1. The Hall–Kier alpha value is -1.32. The summed E-state index contributed by atoms with van der Waals surface area (Å²) >= 11 is 1.86. The molecule has 3 heteroatoms. The third-order valence-electron chi connectivity index (χ3n) is 4.35. The zero-order valence-corrected chi connectivity index (χ0v) is 13.4. The lowest BCUT2D eigenvalue weighted by Gasteiger charge is -2.26. The largest absolute Gasteiger partial charge is 0.380 e. The molecule has 112 valence electrons. The van der Waals surface area contributed by atoms with Gasteiger partial charge < -0.3 is 10.1 Å². The minimum atomic E-state index is 0.436. The van der Waals surface area contributed by atoms with E-state index in [1.165, 1.54) is 41.8 Å². The van der Waals surface area contributed by atoms with E-state index in [1.807, 2.05) is 11.3 Å². The number of anilines is 1. The summed E-state index contributed by atoms with van der Waals surface area (Å²) in [5.41, 5.74) is 2.45. The molecule has 0 bridgehead atoms. The topological polar surface area (TPSA) is 21.3 Å². The average molecular weight is 301 g/mol. The predicted molar refractivity (Wildman–Crippen MR) is 89.8 cm³/mol. The molecule has 1 heterocycles. The highest BCUT2D eigenvalue weighted by Crippen LogP contribution is 2.39. The summed E-state index contributed by atoms with van der Waals surface area (Å²) in [6.07, 6.45) is 5.41. The van der Waals surface area contributed by atoms with E-state index in [1.54, 1.807) is 7.11 Å². The van der Waals surface area contributed by atoms with E-state index < -0.39 is 0 Å². The second kappa shape index (κ2) is 7.10. The maximum absolute atomic E-state index is 5.33. The minimum absolute atomic E-state index is 0.436. The van der Waals surface area contributed by atoms with E-state index in [0.29, 0.717) is 12.6 Å². The molecule has 2 aromatic rings. The zero-order chi connectivity index (χ0) is 14.5. The monoisotopic (exact) mass is 301 g/mol. The number of nitrogens with one attached hydrogen (secondary N) is 1. The van der Waals surface area contributed by atoms with Gasteiger partial charge in [0.2, 0.25) is 0 Å². The van der Waals surface area contributed by atoms with Gasteiger partial charge in [-0.15, -0.1) is 11.3 Å². The Balaban J connectivity index is 1.84.